The summed E-state index contributed by atoms with van der Waals surface area (Å²) in [5.74, 6) is 2.06. The van der Waals surface area contributed by atoms with Gasteiger partial charge in [-0.2, -0.15) is 0 Å². The normalized spacial score (nSPS) is 10.7. The predicted octanol–water partition coefficient (Wildman–Crippen LogP) is 5.55. The Morgan fingerprint density at radius 3 is 2.32 bits per heavy atom. The second-order valence-electron chi connectivity index (χ2n) is 7.38. The zero-order valence-electron chi connectivity index (χ0n) is 18.7. The Hall–Kier alpha value is -3.49. The summed E-state index contributed by atoms with van der Waals surface area (Å²) in [6.45, 7) is 2.19. The van der Waals surface area contributed by atoms with Crippen molar-refractivity contribution in [2.45, 2.75) is 18.7 Å². The van der Waals surface area contributed by atoms with E-state index in [1.54, 1.807) is 31.4 Å². The van der Waals surface area contributed by atoms with Gasteiger partial charge in [0.2, 0.25) is 5.91 Å². The topological polar surface area (TPSA) is 78.3 Å². The van der Waals surface area contributed by atoms with Gasteiger partial charge in [-0.25, -0.2) is 0 Å². The quantitative estimate of drug-likeness (QED) is 0.307. The molecule has 0 spiro atoms. The highest BCUT2D eigenvalue weighted by Crippen LogP contribution is 2.25. The fourth-order valence-electron chi connectivity index (χ4n) is 3.12. The van der Waals surface area contributed by atoms with Gasteiger partial charge < -0.3 is 14.8 Å². The van der Waals surface area contributed by atoms with Crippen molar-refractivity contribution in [2.75, 3.05) is 18.2 Å². The molecule has 0 aliphatic rings. The van der Waals surface area contributed by atoms with E-state index < -0.39 is 0 Å². The molecule has 0 aliphatic carbocycles. The van der Waals surface area contributed by atoms with Crippen LogP contribution in [0.3, 0.4) is 0 Å². The Kier molecular flexibility index (Phi) is 7.72. The number of hydrogen-bond acceptors (Lipinski definition) is 6. The third-order valence-corrected chi connectivity index (χ3v) is 6.06. The van der Waals surface area contributed by atoms with Gasteiger partial charge in [-0.3, -0.25) is 9.36 Å². The number of anilines is 1. The molecule has 0 aliphatic heterocycles. The van der Waals surface area contributed by atoms with Gasteiger partial charge in [0.05, 0.1) is 12.9 Å². The third kappa shape index (κ3) is 6.09. The van der Waals surface area contributed by atoms with Crippen molar-refractivity contribution in [3.05, 3.63) is 89.2 Å². The van der Waals surface area contributed by atoms with Crippen LogP contribution in [0.2, 0.25) is 5.02 Å². The van der Waals surface area contributed by atoms with Crippen LogP contribution in [-0.2, 0) is 11.4 Å². The number of amides is 1. The van der Waals surface area contributed by atoms with Gasteiger partial charge in [-0.05, 0) is 67.6 Å². The Balaban J connectivity index is 1.51. The summed E-state index contributed by atoms with van der Waals surface area (Å²) in [6, 6.07) is 22.3. The zero-order valence-corrected chi connectivity index (χ0v) is 20.3. The summed E-state index contributed by atoms with van der Waals surface area (Å²) in [7, 11) is 1.62. The number of rotatable bonds is 9. The molecule has 9 heteroatoms. The third-order valence-electron chi connectivity index (χ3n) is 4.88. The molecule has 4 aromatic rings. The van der Waals surface area contributed by atoms with Crippen LogP contribution in [0.1, 0.15) is 11.4 Å². The van der Waals surface area contributed by atoms with E-state index in [9.17, 15) is 4.79 Å². The fraction of sp³-hybridized carbons (Fsp3) is 0.160. The summed E-state index contributed by atoms with van der Waals surface area (Å²) in [4.78, 5) is 12.5. The fourth-order valence-corrected chi connectivity index (χ4v) is 4.02. The number of aryl methyl sites for hydroxylation is 1. The lowest BCUT2D eigenvalue weighted by Crippen LogP contribution is -2.14. The molecule has 1 N–H and O–H groups in total. The van der Waals surface area contributed by atoms with Crippen molar-refractivity contribution in [3.8, 4) is 17.2 Å². The maximum Gasteiger partial charge on any atom is 0.234 e. The molecule has 174 valence electrons. The van der Waals surface area contributed by atoms with E-state index in [1.807, 2.05) is 60.0 Å². The van der Waals surface area contributed by atoms with Crippen molar-refractivity contribution in [1.29, 1.82) is 0 Å². The van der Waals surface area contributed by atoms with Crippen molar-refractivity contribution < 1.29 is 14.3 Å². The van der Waals surface area contributed by atoms with Crippen LogP contribution in [0.4, 0.5) is 5.69 Å². The number of halogens is 1. The number of thioether (sulfide) groups is 1. The van der Waals surface area contributed by atoms with Gasteiger partial charge in [0, 0.05) is 16.4 Å². The number of nitrogens with one attached hydrogen (secondary N) is 1. The number of carbonyl (C=O) groups excluding carboxylic acids is 1. The summed E-state index contributed by atoms with van der Waals surface area (Å²) in [5.41, 5.74) is 2.72. The Morgan fingerprint density at radius 1 is 0.971 bits per heavy atom. The van der Waals surface area contributed by atoms with Crippen molar-refractivity contribution in [2.24, 2.45) is 0 Å². The highest BCUT2D eigenvalue weighted by molar-refractivity contribution is 7.99. The lowest BCUT2D eigenvalue weighted by atomic mass is 10.2. The molecule has 34 heavy (non-hydrogen) atoms. The number of nitrogens with zero attached hydrogens (tertiary/aromatic N) is 3. The first-order chi connectivity index (χ1) is 16.5. The summed E-state index contributed by atoms with van der Waals surface area (Å²) >= 11 is 7.25. The van der Waals surface area contributed by atoms with E-state index in [0.29, 0.717) is 21.8 Å². The molecule has 0 bridgehead atoms. The van der Waals surface area contributed by atoms with E-state index in [-0.39, 0.29) is 18.3 Å². The minimum Gasteiger partial charge on any atom is -0.497 e. The van der Waals surface area contributed by atoms with Crippen LogP contribution >= 0.6 is 23.4 Å². The SMILES string of the molecule is COc1ccc(-n2c(COc3ccc(Cl)cc3)nnc2SCC(=O)Nc2ccc(C)cc2)cc1. The maximum atomic E-state index is 12.5. The largest absolute Gasteiger partial charge is 0.497 e. The van der Waals surface area contributed by atoms with E-state index in [4.69, 9.17) is 21.1 Å². The first-order valence-electron chi connectivity index (χ1n) is 10.5. The molecule has 1 aromatic heterocycles. The summed E-state index contributed by atoms with van der Waals surface area (Å²) in [6.07, 6.45) is 0. The minimum absolute atomic E-state index is 0.128. The van der Waals surface area contributed by atoms with Gasteiger partial charge in [0.15, 0.2) is 11.0 Å². The first kappa shape index (κ1) is 23.7. The minimum atomic E-state index is -0.128. The van der Waals surface area contributed by atoms with Crippen LogP contribution in [0.25, 0.3) is 5.69 Å². The molecule has 4 rings (SSSR count). The van der Waals surface area contributed by atoms with E-state index in [1.165, 1.54) is 11.8 Å². The number of carbonyl (C=O) groups is 1. The molecule has 3 aromatic carbocycles. The number of hydrogen-bond donors (Lipinski definition) is 1. The first-order valence-corrected chi connectivity index (χ1v) is 11.8. The van der Waals surface area contributed by atoms with Crippen LogP contribution in [0, 0.1) is 6.92 Å². The zero-order chi connectivity index (χ0) is 23.9. The maximum absolute atomic E-state index is 12.5. The second kappa shape index (κ2) is 11.1. The number of ether oxygens (including phenoxy) is 2. The molecule has 0 saturated heterocycles. The molecule has 0 unspecified atom stereocenters. The van der Waals surface area contributed by atoms with Gasteiger partial charge >= 0.3 is 0 Å². The highest BCUT2D eigenvalue weighted by Gasteiger charge is 2.17. The Labute approximate surface area is 207 Å². The van der Waals surface area contributed by atoms with Gasteiger partial charge in [0.1, 0.15) is 18.1 Å². The number of benzene rings is 3. The van der Waals surface area contributed by atoms with Crippen LogP contribution in [-0.4, -0.2) is 33.5 Å². The molecule has 1 amide bonds. The molecule has 1 heterocycles. The monoisotopic (exact) mass is 494 g/mol. The average molecular weight is 495 g/mol. The predicted molar refractivity (Wildman–Crippen MR) is 134 cm³/mol. The van der Waals surface area contributed by atoms with Crippen LogP contribution in [0.15, 0.2) is 78.0 Å². The van der Waals surface area contributed by atoms with E-state index in [0.717, 1.165) is 22.7 Å². The summed E-state index contributed by atoms with van der Waals surface area (Å²) in [5, 5.41) is 12.8. The number of methoxy groups -OCH3 is 1. The second-order valence-corrected chi connectivity index (χ2v) is 8.76. The molecule has 0 atom stereocenters. The Morgan fingerprint density at radius 2 is 1.65 bits per heavy atom. The summed E-state index contributed by atoms with van der Waals surface area (Å²) < 4.78 is 13.0. The molecule has 0 fully saturated rings. The van der Waals surface area contributed by atoms with E-state index in [2.05, 4.69) is 15.5 Å². The molecule has 7 nitrogen and oxygen atoms in total. The van der Waals surface area contributed by atoms with Crippen LogP contribution < -0.4 is 14.8 Å². The van der Waals surface area contributed by atoms with Crippen molar-refractivity contribution in [3.63, 3.8) is 0 Å². The smallest absolute Gasteiger partial charge is 0.234 e. The average Bonchev–Trinajstić information content (AvgIpc) is 3.26. The number of aromatic nitrogens is 3. The van der Waals surface area contributed by atoms with Gasteiger partial charge in [-0.1, -0.05) is 41.1 Å². The van der Waals surface area contributed by atoms with Gasteiger partial charge in [-0.15, -0.1) is 10.2 Å². The molecule has 0 saturated carbocycles. The highest BCUT2D eigenvalue weighted by atomic mass is 35.5. The van der Waals surface area contributed by atoms with Crippen molar-refractivity contribution in [1.82, 2.24) is 14.8 Å². The molecule has 0 radical (unpaired) electrons. The van der Waals surface area contributed by atoms with E-state index >= 15 is 0 Å². The Bertz CT molecular complexity index is 1240. The standard InChI is InChI=1S/C25H23ClN4O3S/c1-17-3-7-19(8-4-17)27-24(31)16-34-25-29-28-23(15-33-22-11-5-18(26)6-12-22)30(25)20-9-13-21(32-2)14-10-20/h3-14H,15-16H2,1-2H3,(H,27,31). The van der Waals surface area contributed by atoms with Crippen LogP contribution in [0.5, 0.6) is 11.5 Å². The molecular formula is C25H23ClN4O3S. The van der Waals surface area contributed by atoms with Crippen molar-refractivity contribution >= 4 is 35.0 Å². The lowest BCUT2D eigenvalue weighted by molar-refractivity contribution is -0.113. The molecular weight excluding hydrogens is 472 g/mol. The lowest BCUT2D eigenvalue weighted by Gasteiger charge is -2.12. The van der Waals surface area contributed by atoms with Gasteiger partial charge in [0.25, 0.3) is 0 Å².